The Labute approximate surface area is 118 Å². The lowest BCUT2D eigenvalue weighted by Gasteiger charge is -2.10. The fourth-order valence-corrected chi connectivity index (χ4v) is 2.11. The van der Waals surface area contributed by atoms with Crippen molar-refractivity contribution in [2.75, 3.05) is 11.9 Å². The van der Waals surface area contributed by atoms with E-state index in [9.17, 15) is 9.59 Å². The molecule has 1 aromatic carbocycles. The first-order valence-corrected chi connectivity index (χ1v) is 6.95. The SMILES string of the molecule is Cc1ccc(NC(=O)NCCCC2CC2)c(C(=O)O)c1. The zero-order valence-corrected chi connectivity index (χ0v) is 11.6. The zero-order valence-electron chi connectivity index (χ0n) is 11.6. The number of carboxylic acids is 1. The van der Waals surface area contributed by atoms with E-state index >= 15 is 0 Å². The number of benzene rings is 1. The van der Waals surface area contributed by atoms with E-state index in [4.69, 9.17) is 5.11 Å². The quantitative estimate of drug-likeness (QED) is 0.699. The van der Waals surface area contributed by atoms with Crippen molar-refractivity contribution >= 4 is 17.7 Å². The Morgan fingerprint density at radius 3 is 2.75 bits per heavy atom. The van der Waals surface area contributed by atoms with Gasteiger partial charge in [-0.1, -0.05) is 24.5 Å². The topological polar surface area (TPSA) is 78.4 Å². The maximum absolute atomic E-state index is 11.7. The fourth-order valence-electron chi connectivity index (χ4n) is 2.11. The summed E-state index contributed by atoms with van der Waals surface area (Å²) in [5.41, 5.74) is 1.28. The van der Waals surface area contributed by atoms with E-state index in [-0.39, 0.29) is 11.6 Å². The van der Waals surface area contributed by atoms with E-state index < -0.39 is 5.97 Å². The van der Waals surface area contributed by atoms with Gasteiger partial charge >= 0.3 is 12.0 Å². The van der Waals surface area contributed by atoms with Gasteiger partial charge in [-0.15, -0.1) is 0 Å². The summed E-state index contributed by atoms with van der Waals surface area (Å²) in [5, 5.41) is 14.5. The number of carboxylic acid groups (broad SMARTS) is 1. The van der Waals surface area contributed by atoms with E-state index in [0.29, 0.717) is 12.2 Å². The molecular weight excluding hydrogens is 256 g/mol. The van der Waals surface area contributed by atoms with Crippen LogP contribution in [0.4, 0.5) is 10.5 Å². The highest BCUT2D eigenvalue weighted by molar-refractivity contribution is 6.00. The van der Waals surface area contributed by atoms with Gasteiger partial charge in [-0.05, 0) is 37.8 Å². The Morgan fingerprint density at radius 1 is 1.35 bits per heavy atom. The van der Waals surface area contributed by atoms with Crippen LogP contribution in [0.15, 0.2) is 18.2 Å². The van der Waals surface area contributed by atoms with Crippen LogP contribution < -0.4 is 10.6 Å². The van der Waals surface area contributed by atoms with Crippen molar-refractivity contribution in [3.8, 4) is 0 Å². The number of aryl methyl sites for hydroxylation is 1. The van der Waals surface area contributed by atoms with Gasteiger partial charge in [0.25, 0.3) is 0 Å². The Balaban J connectivity index is 1.84. The highest BCUT2D eigenvalue weighted by Crippen LogP contribution is 2.33. The Bertz CT molecular complexity index is 510. The van der Waals surface area contributed by atoms with Crippen molar-refractivity contribution in [1.29, 1.82) is 0 Å². The number of urea groups is 1. The number of nitrogens with one attached hydrogen (secondary N) is 2. The Kier molecular flexibility index (Phi) is 4.61. The number of carbonyl (C=O) groups is 2. The molecule has 2 amide bonds. The lowest BCUT2D eigenvalue weighted by molar-refractivity contribution is 0.0698. The monoisotopic (exact) mass is 276 g/mol. The second kappa shape index (κ2) is 6.41. The first kappa shape index (κ1) is 14.4. The number of rotatable bonds is 6. The molecule has 0 aromatic heterocycles. The van der Waals surface area contributed by atoms with Crippen LogP contribution >= 0.6 is 0 Å². The summed E-state index contributed by atoms with van der Waals surface area (Å²) in [6.45, 7) is 2.44. The molecule has 108 valence electrons. The number of carbonyl (C=O) groups excluding carboxylic acids is 1. The van der Waals surface area contributed by atoms with Crippen molar-refractivity contribution in [3.63, 3.8) is 0 Å². The third-order valence-electron chi connectivity index (χ3n) is 3.43. The molecule has 0 spiro atoms. The molecule has 20 heavy (non-hydrogen) atoms. The van der Waals surface area contributed by atoms with Gasteiger partial charge < -0.3 is 15.7 Å². The van der Waals surface area contributed by atoms with E-state index in [0.717, 1.165) is 24.3 Å². The van der Waals surface area contributed by atoms with Gasteiger partial charge in [0.15, 0.2) is 0 Å². The fraction of sp³-hybridized carbons (Fsp3) is 0.467. The van der Waals surface area contributed by atoms with Crippen LogP contribution in [0.25, 0.3) is 0 Å². The van der Waals surface area contributed by atoms with Crippen molar-refractivity contribution in [2.45, 2.75) is 32.6 Å². The van der Waals surface area contributed by atoms with Gasteiger partial charge in [0.1, 0.15) is 0 Å². The van der Waals surface area contributed by atoms with Gasteiger partial charge in [0, 0.05) is 6.54 Å². The number of aromatic carboxylic acids is 1. The molecule has 1 aromatic rings. The minimum absolute atomic E-state index is 0.109. The van der Waals surface area contributed by atoms with Gasteiger partial charge in [0.05, 0.1) is 11.3 Å². The standard InChI is InChI=1S/C15H20N2O3/c1-10-4-7-13(12(9-10)14(18)19)17-15(20)16-8-2-3-11-5-6-11/h4,7,9,11H,2-3,5-6,8H2,1H3,(H,18,19)(H2,16,17,20). The van der Waals surface area contributed by atoms with E-state index in [1.807, 2.05) is 6.92 Å². The molecule has 0 bridgehead atoms. The van der Waals surface area contributed by atoms with E-state index in [1.54, 1.807) is 18.2 Å². The second-order valence-electron chi connectivity index (χ2n) is 5.32. The highest BCUT2D eigenvalue weighted by Gasteiger charge is 2.20. The van der Waals surface area contributed by atoms with Gasteiger partial charge in [-0.25, -0.2) is 9.59 Å². The van der Waals surface area contributed by atoms with Crippen LogP contribution in [0.1, 0.15) is 41.6 Å². The largest absolute Gasteiger partial charge is 0.478 e. The summed E-state index contributed by atoms with van der Waals surface area (Å²) in [6.07, 6.45) is 4.76. The lowest BCUT2D eigenvalue weighted by Crippen LogP contribution is -2.30. The highest BCUT2D eigenvalue weighted by atomic mass is 16.4. The Hall–Kier alpha value is -2.04. The molecule has 0 aliphatic heterocycles. The predicted molar refractivity (Wildman–Crippen MR) is 77.1 cm³/mol. The van der Waals surface area contributed by atoms with Crippen LogP contribution in [-0.4, -0.2) is 23.7 Å². The third-order valence-corrected chi connectivity index (χ3v) is 3.43. The molecule has 5 heteroatoms. The average molecular weight is 276 g/mol. The molecule has 1 fully saturated rings. The van der Waals surface area contributed by atoms with Crippen molar-refractivity contribution < 1.29 is 14.7 Å². The molecule has 2 rings (SSSR count). The van der Waals surface area contributed by atoms with Crippen molar-refractivity contribution in [3.05, 3.63) is 29.3 Å². The maximum atomic E-state index is 11.7. The van der Waals surface area contributed by atoms with Crippen molar-refractivity contribution in [2.24, 2.45) is 5.92 Å². The number of hydrogen-bond donors (Lipinski definition) is 3. The lowest BCUT2D eigenvalue weighted by atomic mass is 10.1. The molecule has 3 N–H and O–H groups in total. The summed E-state index contributed by atoms with van der Waals surface area (Å²) in [7, 11) is 0. The molecule has 0 radical (unpaired) electrons. The summed E-state index contributed by atoms with van der Waals surface area (Å²) >= 11 is 0. The first-order chi connectivity index (χ1) is 9.56. The molecule has 1 aliphatic rings. The van der Waals surface area contributed by atoms with Gasteiger partial charge in [-0.2, -0.15) is 0 Å². The van der Waals surface area contributed by atoms with Crippen LogP contribution in [0.3, 0.4) is 0 Å². The zero-order chi connectivity index (χ0) is 14.5. The molecule has 0 unspecified atom stereocenters. The van der Waals surface area contributed by atoms with Crippen molar-refractivity contribution in [1.82, 2.24) is 5.32 Å². The van der Waals surface area contributed by atoms with Crippen LogP contribution in [-0.2, 0) is 0 Å². The number of amides is 2. The minimum Gasteiger partial charge on any atom is -0.478 e. The first-order valence-electron chi connectivity index (χ1n) is 6.95. The smallest absolute Gasteiger partial charge is 0.337 e. The average Bonchev–Trinajstić information content (AvgIpc) is 3.21. The van der Waals surface area contributed by atoms with E-state index in [2.05, 4.69) is 10.6 Å². The van der Waals surface area contributed by atoms with Crippen LogP contribution in [0.5, 0.6) is 0 Å². The summed E-state index contributed by atoms with van der Waals surface area (Å²) in [6, 6.07) is 4.58. The normalized spacial score (nSPS) is 13.8. The molecule has 5 nitrogen and oxygen atoms in total. The minimum atomic E-state index is -1.04. The van der Waals surface area contributed by atoms with Gasteiger partial charge in [-0.3, -0.25) is 0 Å². The third kappa shape index (κ3) is 4.26. The van der Waals surface area contributed by atoms with Crippen LogP contribution in [0, 0.1) is 12.8 Å². The molecule has 0 atom stereocenters. The summed E-state index contributed by atoms with van der Waals surface area (Å²) in [4.78, 5) is 22.8. The predicted octanol–water partition coefficient (Wildman–Crippen LogP) is 3.00. The number of anilines is 1. The van der Waals surface area contributed by atoms with Crippen LogP contribution in [0.2, 0.25) is 0 Å². The summed E-state index contributed by atoms with van der Waals surface area (Å²) < 4.78 is 0. The number of hydrogen-bond acceptors (Lipinski definition) is 2. The maximum Gasteiger partial charge on any atom is 0.337 e. The summed E-state index contributed by atoms with van der Waals surface area (Å²) in [5.74, 6) is -0.187. The molecule has 1 aliphatic carbocycles. The Morgan fingerprint density at radius 2 is 2.10 bits per heavy atom. The molecular formula is C15H20N2O3. The molecule has 1 saturated carbocycles. The van der Waals surface area contributed by atoms with E-state index in [1.165, 1.54) is 12.8 Å². The molecule has 0 saturated heterocycles. The van der Waals surface area contributed by atoms with Gasteiger partial charge in [0.2, 0.25) is 0 Å². The molecule has 0 heterocycles. The second-order valence-corrected chi connectivity index (χ2v) is 5.32.